The summed E-state index contributed by atoms with van der Waals surface area (Å²) in [5, 5.41) is 13.2. The van der Waals surface area contributed by atoms with Gasteiger partial charge in [0.05, 0.1) is 21.2 Å². The fourth-order valence-corrected chi connectivity index (χ4v) is 2.13. The number of anilines is 1. The first kappa shape index (κ1) is 18.6. The van der Waals surface area contributed by atoms with Crippen molar-refractivity contribution in [3.8, 4) is 0 Å². The fourth-order valence-electron chi connectivity index (χ4n) is 1.77. The van der Waals surface area contributed by atoms with Gasteiger partial charge < -0.3 is 10.1 Å². The quantitative estimate of drug-likeness (QED) is 0.366. The number of benzene rings is 1. The standard InChI is InChI=1S/C15H11Cl2N3O5/c1-8(25-15(22)10-3-2-6-18-13(10)17)14(21)19-12-7-9(20(23)24)4-5-11(12)16/h2-8H,1H3,(H,19,21)/t8-/m0/s1. The summed E-state index contributed by atoms with van der Waals surface area (Å²) in [7, 11) is 0. The minimum absolute atomic E-state index is 0.0113. The van der Waals surface area contributed by atoms with Gasteiger partial charge >= 0.3 is 5.97 Å². The number of amides is 1. The van der Waals surface area contributed by atoms with Crippen LogP contribution in [0.3, 0.4) is 0 Å². The zero-order chi connectivity index (χ0) is 18.6. The smallest absolute Gasteiger partial charge is 0.342 e. The third-order valence-corrected chi connectivity index (χ3v) is 3.68. The predicted octanol–water partition coefficient (Wildman–Crippen LogP) is 3.48. The van der Waals surface area contributed by atoms with Gasteiger partial charge in [0.25, 0.3) is 11.6 Å². The lowest BCUT2D eigenvalue weighted by molar-refractivity contribution is -0.384. The lowest BCUT2D eigenvalue weighted by atomic mass is 10.2. The molecule has 0 saturated carbocycles. The molecule has 130 valence electrons. The lowest BCUT2D eigenvalue weighted by Crippen LogP contribution is -2.30. The summed E-state index contributed by atoms with van der Waals surface area (Å²) in [5.74, 6) is -1.54. The number of hydrogen-bond acceptors (Lipinski definition) is 6. The van der Waals surface area contributed by atoms with Crippen LogP contribution in [0.15, 0.2) is 36.5 Å². The fraction of sp³-hybridized carbons (Fsp3) is 0.133. The highest BCUT2D eigenvalue weighted by Crippen LogP contribution is 2.27. The van der Waals surface area contributed by atoms with E-state index in [1.807, 2.05) is 0 Å². The van der Waals surface area contributed by atoms with E-state index < -0.39 is 22.9 Å². The van der Waals surface area contributed by atoms with Crippen molar-refractivity contribution in [1.82, 2.24) is 4.98 Å². The Morgan fingerprint density at radius 3 is 2.68 bits per heavy atom. The van der Waals surface area contributed by atoms with E-state index >= 15 is 0 Å². The molecule has 0 unspecified atom stereocenters. The molecule has 0 saturated heterocycles. The van der Waals surface area contributed by atoms with Crippen molar-refractivity contribution in [1.29, 1.82) is 0 Å². The Morgan fingerprint density at radius 2 is 2.04 bits per heavy atom. The Bertz CT molecular complexity index is 844. The number of carbonyl (C=O) groups is 2. The average Bonchev–Trinajstić information content (AvgIpc) is 2.56. The van der Waals surface area contributed by atoms with Gasteiger partial charge in [0.15, 0.2) is 6.10 Å². The topological polar surface area (TPSA) is 111 Å². The van der Waals surface area contributed by atoms with Gasteiger partial charge in [0.2, 0.25) is 0 Å². The first-order chi connectivity index (χ1) is 11.8. The summed E-state index contributed by atoms with van der Waals surface area (Å²) in [4.78, 5) is 38.0. The number of pyridine rings is 1. The minimum atomic E-state index is -1.20. The first-order valence-corrected chi connectivity index (χ1v) is 7.61. The third-order valence-electron chi connectivity index (χ3n) is 3.05. The van der Waals surface area contributed by atoms with Crippen LogP contribution < -0.4 is 5.32 Å². The third kappa shape index (κ3) is 4.65. The number of nitro benzene ring substituents is 1. The number of rotatable bonds is 5. The summed E-state index contributed by atoms with van der Waals surface area (Å²) in [6.07, 6.45) is 0.207. The lowest BCUT2D eigenvalue weighted by Gasteiger charge is -2.14. The predicted molar refractivity (Wildman–Crippen MR) is 90.9 cm³/mol. The van der Waals surface area contributed by atoms with E-state index in [4.69, 9.17) is 27.9 Å². The van der Waals surface area contributed by atoms with E-state index in [-0.39, 0.29) is 27.1 Å². The van der Waals surface area contributed by atoms with Crippen LogP contribution in [-0.2, 0) is 9.53 Å². The maximum atomic E-state index is 12.1. The molecule has 1 heterocycles. The Balaban J connectivity index is 2.08. The molecule has 0 radical (unpaired) electrons. The number of esters is 1. The van der Waals surface area contributed by atoms with Gasteiger partial charge in [0.1, 0.15) is 5.15 Å². The first-order valence-electron chi connectivity index (χ1n) is 6.86. The minimum Gasteiger partial charge on any atom is -0.449 e. The Labute approximate surface area is 151 Å². The maximum absolute atomic E-state index is 12.1. The normalized spacial score (nSPS) is 11.5. The van der Waals surface area contributed by atoms with Gasteiger partial charge in [-0.05, 0) is 25.1 Å². The van der Waals surface area contributed by atoms with Crippen LogP contribution in [0.1, 0.15) is 17.3 Å². The number of nitrogens with zero attached hydrogens (tertiary/aromatic N) is 2. The van der Waals surface area contributed by atoms with Crippen LogP contribution in [0.25, 0.3) is 0 Å². The Hall–Kier alpha value is -2.71. The summed E-state index contributed by atoms with van der Waals surface area (Å²) in [6, 6.07) is 6.48. The van der Waals surface area contributed by atoms with Gasteiger partial charge in [-0.3, -0.25) is 14.9 Å². The van der Waals surface area contributed by atoms with Gasteiger partial charge in [-0.15, -0.1) is 0 Å². The molecule has 0 aliphatic carbocycles. The van der Waals surface area contributed by atoms with E-state index in [0.717, 1.165) is 6.07 Å². The van der Waals surface area contributed by atoms with Crippen LogP contribution >= 0.6 is 23.2 Å². The van der Waals surface area contributed by atoms with Crippen molar-refractivity contribution in [3.05, 3.63) is 62.4 Å². The van der Waals surface area contributed by atoms with Crippen LogP contribution in [0, 0.1) is 10.1 Å². The summed E-state index contributed by atoms with van der Waals surface area (Å²) >= 11 is 11.7. The number of aromatic nitrogens is 1. The highest BCUT2D eigenvalue weighted by molar-refractivity contribution is 6.34. The number of halogens is 2. The molecule has 0 fully saturated rings. The molecule has 10 heteroatoms. The monoisotopic (exact) mass is 383 g/mol. The molecule has 1 amide bonds. The van der Waals surface area contributed by atoms with Crippen LogP contribution in [0.4, 0.5) is 11.4 Å². The second-order valence-electron chi connectivity index (χ2n) is 4.80. The molecule has 1 aromatic carbocycles. The van der Waals surface area contributed by atoms with E-state index in [2.05, 4.69) is 10.3 Å². The highest BCUT2D eigenvalue weighted by atomic mass is 35.5. The zero-order valence-corrected chi connectivity index (χ0v) is 14.2. The van der Waals surface area contributed by atoms with Crippen molar-refractivity contribution in [3.63, 3.8) is 0 Å². The molecule has 2 rings (SSSR count). The molecule has 2 aromatic rings. The van der Waals surface area contributed by atoms with Crippen molar-refractivity contribution >= 4 is 46.5 Å². The van der Waals surface area contributed by atoms with Gasteiger partial charge in [-0.25, -0.2) is 9.78 Å². The number of nitrogens with one attached hydrogen (secondary N) is 1. The van der Waals surface area contributed by atoms with Crippen molar-refractivity contribution < 1.29 is 19.2 Å². The Morgan fingerprint density at radius 1 is 1.32 bits per heavy atom. The molecule has 0 spiro atoms. The van der Waals surface area contributed by atoms with Crippen LogP contribution in [0.2, 0.25) is 10.2 Å². The van der Waals surface area contributed by atoms with E-state index in [9.17, 15) is 19.7 Å². The summed E-state index contributed by atoms with van der Waals surface area (Å²) in [6.45, 7) is 1.34. The maximum Gasteiger partial charge on any atom is 0.342 e. The van der Waals surface area contributed by atoms with Crippen LogP contribution in [-0.4, -0.2) is 27.9 Å². The summed E-state index contributed by atoms with van der Waals surface area (Å²) in [5.41, 5.74) is -0.202. The second-order valence-corrected chi connectivity index (χ2v) is 5.57. The number of carbonyl (C=O) groups excluding carboxylic acids is 2. The van der Waals surface area contributed by atoms with Crippen molar-refractivity contribution in [2.24, 2.45) is 0 Å². The second kappa shape index (κ2) is 7.91. The number of hydrogen-bond donors (Lipinski definition) is 1. The molecule has 0 aliphatic heterocycles. The molecular formula is C15H11Cl2N3O5. The number of ether oxygens (including phenoxy) is 1. The molecule has 8 nitrogen and oxygen atoms in total. The highest BCUT2D eigenvalue weighted by Gasteiger charge is 2.22. The summed E-state index contributed by atoms with van der Waals surface area (Å²) < 4.78 is 5.02. The molecular weight excluding hydrogens is 373 g/mol. The molecule has 1 atom stereocenters. The largest absolute Gasteiger partial charge is 0.449 e. The van der Waals surface area contributed by atoms with Gasteiger partial charge in [-0.2, -0.15) is 0 Å². The van der Waals surface area contributed by atoms with E-state index in [0.29, 0.717) is 0 Å². The van der Waals surface area contributed by atoms with E-state index in [1.165, 1.54) is 37.4 Å². The molecule has 0 bridgehead atoms. The Kier molecular flexibility index (Phi) is 5.89. The molecule has 1 aromatic heterocycles. The van der Waals surface area contributed by atoms with E-state index in [1.54, 1.807) is 0 Å². The zero-order valence-electron chi connectivity index (χ0n) is 12.7. The molecule has 0 aliphatic rings. The molecule has 1 N–H and O–H groups in total. The molecule has 25 heavy (non-hydrogen) atoms. The van der Waals surface area contributed by atoms with Gasteiger partial charge in [-0.1, -0.05) is 23.2 Å². The SMILES string of the molecule is C[C@H](OC(=O)c1cccnc1Cl)C(=O)Nc1cc([N+](=O)[O-])ccc1Cl. The van der Waals surface area contributed by atoms with Crippen LogP contribution in [0.5, 0.6) is 0 Å². The number of nitro groups is 1. The van der Waals surface area contributed by atoms with Gasteiger partial charge in [0, 0.05) is 18.3 Å². The van der Waals surface area contributed by atoms with Crippen molar-refractivity contribution in [2.45, 2.75) is 13.0 Å². The average molecular weight is 384 g/mol. The van der Waals surface area contributed by atoms with Crippen molar-refractivity contribution in [2.75, 3.05) is 5.32 Å². The number of non-ortho nitro benzene ring substituents is 1.